The molecule has 1 aromatic carbocycles. The quantitative estimate of drug-likeness (QED) is 0.474. The lowest BCUT2D eigenvalue weighted by Gasteiger charge is -2.23. The van der Waals surface area contributed by atoms with Gasteiger partial charge in [0.25, 0.3) is 0 Å². The van der Waals surface area contributed by atoms with E-state index >= 15 is 0 Å². The first-order valence-corrected chi connectivity index (χ1v) is 10.5. The number of hydrogen-bond donors (Lipinski definition) is 2. The molecule has 4 rings (SSSR count). The number of nitrogens with one attached hydrogen (secondary N) is 2. The van der Waals surface area contributed by atoms with E-state index in [1.165, 1.54) is 25.3 Å². The van der Waals surface area contributed by atoms with Crippen molar-refractivity contribution < 1.29 is 8.78 Å². The Morgan fingerprint density at radius 2 is 1.83 bits per heavy atom. The summed E-state index contributed by atoms with van der Waals surface area (Å²) < 4.78 is 27.2. The molecule has 0 unspecified atom stereocenters. The fourth-order valence-corrected chi connectivity index (χ4v) is 3.92. The van der Waals surface area contributed by atoms with E-state index in [4.69, 9.17) is 11.6 Å². The highest BCUT2D eigenvalue weighted by atomic mass is 35.5. The Bertz CT molecular complexity index is 1020. The summed E-state index contributed by atoms with van der Waals surface area (Å²) in [5.41, 5.74) is 1.69. The van der Waals surface area contributed by atoms with E-state index in [1.807, 2.05) is 18.2 Å². The molecule has 2 N–H and O–H groups in total. The van der Waals surface area contributed by atoms with Gasteiger partial charge in [-0.15, -0.1) is 0 Å². The predicted molar refractivity (Wildman–Crippen MR) is 117 cm³/mol. The lowest BCUT2D eigenvalue weighted by atomic mass is 9.95. The van der Waals surface area contributed by atoms with Gasteiger partial charge in [0.15, 0.2) is 0 Å². The molecule has 2 heterocycles. The van der Waals surface area contributed by atoms with Crippen LogP contribution in [-0.4, -0.2) is 16.0 Å². The zero-order valence-corrected chi connectivity index (χ0v) is 17.2. The average Bonchev–Trinajstić information content (AvgIpc) is 2.77. The Morgan fingerprint density at radius 1 is 1.00 bits per heavy atom. The second kappa shape index (κ2) is 9.39. The molecule has 0 amide bonds. The predicted octanol–water partition coefficient (Wildman–Crippen LogP) is 6.43. The van der Waals surface area contributed by atoms with Gasteiger partial charge in [-0.1, -0.05) is 36.9 Å². The van der Waals surface area contributed by atoms with Gasteiger partial charge in [-0.2, -0.15) is 0 Å². The molecule has 0 radical (unpaired) electrons. The van der Waals surface area contributed by atoms with Gasteiger partial charge in [0.1, 0.15) is 23.3 Å². The van der Waals surface area contributed by atoms with Crippen LogP contribution < -0.4 is 10.6 Å². The van der Waals surface area contributed by atoms with Crippen molar-refractivity contribution in [1.29, 1.82) is 0 Å². The van der Waals surface area contributed by atoms with Crippen molar-refractivity contribution in [2.45, 2.75) is 44.7 Å². The standard InChI is InChI=1S/C23H23ClF2N4/c24-19-14-28-23(29-17-5-2-1-3-6-17)12-18(19)21-7-4-8-22(30-21)27-13-15-11-16(25)9-10-20(15)26/h4,7-12,14,17H,1-3,5-6,13H2,(H,27,30)(H,28,29). The van der Waals surface area contributed by atoms with Crippen LogP contribution in [0.2, 0.25) is 5.02 Å². The minimum absolute atomic E-state index is 0.124. The third-order valence-electron chi connectivity index (χ3n) is 5.31. The molecule has 0 spiro atoms. The Hall–Kier alpha value is -2.73. The number of benzene rings is 1. The smallest absolute Gasteiger partial charge is 0.128 e. The molecule has 30 heavy (non-hydrogen) atoms. The van der Waals surface area contributed by atoms with E-state index in [9.17, 15) is 8.78 Å². The van der Waals surface area contributed by atoms with E-state index in [0.717, 1.165) is 36.4 Å². The highest BCUT2D eigenvalue weighted by Gasteiger charge is 2.15. The van der Waals surface area contributed by atoms with Crippen LogP contribution in [0.4, 0.5) is 20.4 Å². The van der Waals surface area contributed by atoms with E-state index < -0.39 is 11.6 Å². The molecule has 1 saturated carbocycles. The third kappa shape index (κ3) is 5.05. The number of halogens is 3. The molecule has 3 aromatic rings. The third-order valence-corrected chi connectivity index (χ3v) is 5.61. The molecule has 0 aliphatic heterocycles. The maximum atomic E-state index is 13.8. The normalized spacial score (nSPS) is 14.5. The molecule has 4 nitrogen and oxygen atoms in total. The molecule has 1 aliphatic carbocycles. The summed E-state index contributed by atoms with van der Waals surface area (Å²) in [6, 6.07) is 11.2. The maximum absolute atomic E-state index is 13.8. The van der Waals surface area contributed by atoms with E-state index in [0.29, 0.717) is 22.6 Å². The SMILES string of the molecule is Fc1ccc(F)c(CNc2cccc(-c3cc(NC4CCCCC4)ncc3Cl)n2)c1. The van der Waals surface area contributed by atoms with Crippen molar-refractivity contribution >= 4 is 23.2 Å². The van der Waals surface area contributed by atoms with E-state index in [-0.39, 0.29) is 12.1 Å². The molecule has 1 aliphatic rings. The zero-order valence-electron chi connectivity index (χ0n) is 16.5. The average molecular weight is 429 g/mol. The second-order valence-corrected chi connectivity index (χ2v) is 7.93. The first-order chi connectivity index (χ1) is 14.6. The largest absolute Gasteiger partial charge is 0.367 e. The number of anilines is 2. The first-order valence-electron chi connectivity index (χ1n) is 10.2. The molecular formula is C23H23ClF2N4. The fourth-order valence-electron chi connectivity index (χ4n) is 3.72. The van der Waals surface area contributed by atoms with Gasteiger partial charge in [0, 0.05) is 29.9 Å². The molecule has 2 aromatic heterocycles. The van der Waals surface area contributed by atoms with Crippen LogP contribution in [0.25, 0.3) is 11.3 Å². The van der Waals surface area contributed by atoms with Crippen molar-refractivity contribution in [3.8, 4) is 11.3 Å². The number of hydrogen-bond acceptors (Lipinski definition) is 4. The van der Waals surface area contributed by atoms with Gasteiger partial charge in [-0.25, -0.2) is 18.7 Å². The van der Waals surface area contributed by atoms with Crippen molar-refractivity contribution in [3.63, 3.8) is 0 Å². The van der Waals surface area contributed by atoms with E-state index in [1.54, 1.807) is 12.3 Å². The summed E-state index contributed by atoms with van der Waals surface area (Å²) >= 11 is 6.40. The Labute approximate surface area is 179 Å². The van der Waals surface area contributed by atoms with E-state index in [2.05, 4.69) is 20.6 Å². The lowest BCUT2D eigenvalue weighted by molar-refractivity contribution is 0.462. The minimum atomic E-state index is -0.475. The fraction of sp³-hybridized carbons (Fsp3) is 0.304. The Kier molecular flexibility index (Phi) is 6.43. The second-order valence-electron chi connectivity index (χ2n) is 7.53. The highest BCUT2D eigenvalue weighted by Crippen LogP contribution is 2.30. The van der Waals surface area contributed by atoms with Crippen LogP contribution in [0.15, 0.2) is 48.7 Å². The molecule has 7 heteroatoms. The number of aromatic nitrogens is 2. The summed E-state index contributed by atoms with van der Waals surface area (Å²) in [6.45, 7) is 0.124. The lowest BCUT2D eigenvalue weighted by Crippen LogP contribution is -2.22. The van der Waals surface area contributed by atoms with Crippen molar-refractivity contribution in [2.24, 2.45) is 0 Å². The van der Waals surface area contributed by atoms with Gasteiger partial charge in [0.2, 0.25) is 0 Å². The molecule has 156 valence electrons. The van der Waals surface area contributed by atoms with Crippen LogP contribution in [0.3, 0.4) is 0 Å². The zero-order chi connectivity index (χ0) is 20.9. The van der Waals surface area contributed by atoms with Crippen molar-refractivity contribution in [3.05, 3.63) is 70.9 Å². The van der Waals surface area contributed by atoms with Crippen molar-refractivity contribution in [2.75, 3.05) is 10.6 Å². The number of rotatable bonds is 6. The van der Waals surface area contributed by atoms with Crippen molar-refractivity contribution in [1.82, 2.24) is 9.97 Å². The monoisotopic (exact) mass is 428 g/mol. The number of pyridine rings is 2. The Morgan fingerprint density at radius 3 is 2.67 bits per heavy atom. The summed E-state index contributed by atoms with van der Waals surface area (Å²) in [4.78, 5) is 9.00. The Balaban J connectivity index is 1.51. The van der Waals surface area contributed by atoms with Gasteiger partial charge < -0.3 is 10.6 Å². The van der Waals surface area contributed by atoms with Crippen LogP contribution in [-0.2, 0) is 6.54 Å². The summed E-state index contributed by atoms with van der Waals surface area (Å²) in [5.74, 6) is 0.390. The van der Waals surface area contributed by atoms with Crippen LogP contribution >= 0.6 is 11.6 Å². The van der Waals surface area contributed by atoms with Gasteiger partial charge in [-0.3, -0.25) is 0 Å². The summed E-state index contributed by atoms with van der Waals surface area (Å²) in [7, 11) is 0. The van der Waals surface area contributed by atoms with Gasteiger partial charge >= 0.3 is 0 Å². The molecule has 0 saturated heterocycles. The summed E-state index contributed by atoms with van der Waals surface area (Å²) in [5, 5.41) is 7.05. The minimum Gasteiger partial charge on any atom is -0.367 e. The first kappa shape index (κ1) is 20.5. The van der Waals surface area contributed by atoms with Crippen LogP contribution in [0.1, 0.15) is 37.7 Å². The topological polar surface area (TPSA) is 49.8 Å². The molecule has 0 atom stereocenters. The number of nitrogens with zero attached hydrogens (tertiary/aromatic N) is 2. The van der Waals surface area contributed by atoms with Crippen LogP contribution in [0, 0.1) is 11.6 Å². The van der Waals surface area contributed by atoms with Gasteiger partial charge in [-0.05, 0) is 49.2 Å². The maximum Gasteiger partial charge on any atom is 0.128 e. The summed E-state index contributed by atoms with van der Waals surface area (Å²) in [6.07, 6.45) is 7.69. The highest BCUT2D eigenvalue weighted by molar-refractivity contribution is 6.33. The molecule has 1 fully saturated rings. The van der Waals surface area contributed by atoms with Gasteiger partial charge in [0.05, 0.1) is 10.7 Å². The molecular weight excluding hydrogens is 406 g/mol. The van der Waals surface area contributed by atoms with Crippen LogP contribution in [0.5, 0.6) is 0 Å². The molecule has 0 bridgehead atoms.